The van der Waals surface area contributed by atoms with E-state index in [0.29, 0.717) is 5.82 Å². The van der Waals surface area contributed by atoms with E-state index in [0.717, 1.165) is 29.3 Å². The molecule has 1 aliphatic rings. The van der Waals surface area contributed by atoms with Crippen molar-refractivity contribution >= 4 is 16.3 Å². The Morgan fingerprint density at radius 3 is 2.68 bits per heavy atom. The van der Waals surface area contributed by atoms with Crippen LogP contribution in [-0.2, 0) is 13.0 Å². The molecule has 4 aromatic rings. The first-order valence-electron chi connectivity index (χ1n) is 9.52. The molecule has 0 saturated heterocycles. The van der Waals surface area contributed by atoms with Crippen molar-refractivity contribution in [2.75, 3.05) is 6.54 Å². The summed E-state index contributed by atoms with van der Waals surface area (Å²) in [4.78, 5) is 8.55. The summed E-state index contributed by atoms with van der Waals surface area (Å²) in [6.07, 6.45) is 1.01. The topological polar surface area (TPSA) is 53.7 Å². The first-order valence-corrected chi connectivity index (χ1v) is 10.3. The third-order valence-corrected chi connectivity index (χ3v) is 6.51. The highest BCUT2D eigenvalue weighted by Crippen LogP contribution is 2.41. The molecule has 6 heteroatoms. The molecule has 0 radical (unpaired) electrons. The van der Waals surface area contributed by atoms with Gasteiger partial charge >= 0.3 is 0 Å². The zero-order valence-electron chi connectivity index (χ0n) is 16.0. The van der Waals surface area contributed by atoms with Crippen LogP contribution in [0.5, 0.6) is 5.88 Å². The zero-order valence-corrected chi connectivity index (χ0v) is 16.8. The van der Waals surface area contributed by atoms with Gasteiger partial charge in [0.25, 0.3) is 0 Å². The average molecular weight is 391 g/mol. The second-order valence-corrected chi connectivity index (χ2v) is 8.46. The Morgan fingerprint density at radius 1 is 1.07 bits per heavy atom. The van der Waals surface area contributed by atoms with Gasteiger partial charge in [-0.2, -0.15) is 4.52 Å². The fraction of sp³-hybridized carbons (Fsp3) is 0.273. The molecule has 5 nitrogen and oxygen atoms in total. The van der Waals surface area contributed by atoms with Gasteiger partial charge in [0.2, 0.25) is 10.8 Å². The first kappa shape index (κ1) is 17.4. The minimum Gasteiger partial charge on any atom is -0.492 e. The smallest absolute Gasteiger partial charge is 0.230 e. The van der Waals surface area contributed by atoms with Crippen molar-refractivity contribution in [2.24, 2.45) is 0 Å². The maximum atomic E-state index is 11.0. The molecule has 28 heavy (non-hydrogen) atoms. The fourth-order valence-electron chi connectivity index (χ4n) is 4.13. The molecule has 0 spiro atoms. The number of aromatic hydroxyl groups is 1. The highest BCUT2D eigenvalue weighted by atomic mass is 32.1. The van der Waals surface area contributed by atoms with Gasteiger partial charge in [0, 0.05) is 13.1 Å². The van der Waals surface area contributed by atoms with E-state index >= 15 is 0 Å². The lowest BCUT2D eigenvalue weighted by molar-refractivity contribution is 0.205. The van der Waals surface area contributed by atoms with Crippen LogP contribution < -0.4 is 0 Å². The van der Waals surface area contributed by atoms with E-state index in [4.69, 9.17) is 0 Å². The zero-order chi connectivity index (χ0) is 19.3. The van der Waals surface area contributed by atoms with Gasteiger partial charge in [-0.05, 0) is 37.0 Å². The molecule has 5 rings (SSSR count). The quantitative estimate of drug-likeness (QED) is 0.568. The number of fused-ring (bicyclic) bond motifs is 2. The van der Waals surface area contributed by atoms with E-state index in [2.05, 4.69) is 70.4 Å². The van der Waals surface area contributed by atoms with E-state index in [1.165, 1.54) is 33.6 Å². The van der Waals surface area contributed by atoms with Crippen LogP contribution in [0.1, 0.15) is 39.0 Å². The number of hydrogen-bond acceptors (Lipinski definition) is 5. The van der Waals surface area contributed by atoms with Crippen LogP contribution in [0.15, 0.2) is 48.5 Å². The minimum absolute atomic E-state index is 0.0259. The van der Waals surface area contributed by atoms with Crippen LogP contribution in [0.2, 0.25) is 0 Å². The number of benzene rings is 2. The van der Waals surface area contributed by atoms with E-state index < -0.39 is 0 Å². The molecule has 0 amide bonds. The maximum absolute atomic E-state index is 11.0. The van der Waals surface area contributed by atoms with Crippen LogP contribution in [0.25, 0.3) is 4.96 Å². The lowest BCUT2D eigenvalue weighted by Gasteiger charge is -2.35. The first-order chi connectivity index (χ1) is 13.6. The van der Waals surface area contributed by atoms with Crippen LogP contribution in [0.3, 0.4) is 0 Å². The fourth-order valence-corrected chi connectivity index (χ4v) is 5.30. The average Bonchev–Trinajstić information content (AvgIpc) is 3.20. The predicted molar refractivity (Wildman–Crippen MR) is 111 cm³/mol. The number of hydrogen-bond donors (Lipinski definition) is 1. The van der Waals surface area contributed by atoms with Crippen LogP contribution in [-0.4, -0.2) is 31.1 Å². The lowest BCUT2D eigenvalue weighted by Crippen LogP contribution is -2.34. The molecule has 2 aromatic carbocycles. The van der Waals surface area contributed by atoms with E-state index in [1.54, 1.807) is 4.52 Å². The summed E-state index contributed by atoms with van der Waals surface area (Å²) in [6, 6.07) is 17.2. The number of aromatic nitrogens is 3. The molecular weight excluding hydrogens is 368 g/mol. The number of nitrogens with zero attached hydrogens (tertiary/aromatic N) is 4. The summed E-state index contributed by atoms with van der Waals surface area (Å²) in [5, 5.41) is 15.3. The Labute approximate surface area is 167 Å². The highest BCUT2D eigenvalue weighted by molar-refractivity contribution is 7.17. The molecule has 2 aromatic heterocycles. The van der Waals surface area contributed by atoms with Crippen molar-refractivity contribution in [3.63, 3.8) is 0 Å². The van der Waals surface area contributed by atoms with Crippen molar-refractivity contribution in [3.8, 4) is 5.88 Å². The molecule has 0 fully saturated rings. The van der Waals surface area contributed by atoms with Gasteiger partial charge in [0.05, 0.1) is 10.9 Å². The van der Waals surface area contributed by atoms with E-state index in [-0.39, 0.29) is 11.9 Å². The van der Waals surface area contributed by atoms with Crippen LogP contribution >= 0.6 is 11.3 Å². The Hall–Kier alpha value is -2.70. The van der Waals surface area contributed by atoms with Gasteiger partial charge < -0.3 is 5.11 Å². The molecule has 0 unspecified atom stereocenters. The SMILES string of the molecule is Cc1cccc([C@H](c2sc3nc(C)nn3c2O)N2CCc3ccccc3C2)c1. The van der Waals surface area contributed by atoms with Crippen LogP contribution in [0, 0.1) is 13.8 Å². The number of rotatable bonds is 3. The van der Waals surface area contributed by atoms with Gasteiger partial charge in [-0.15, -0.1) is 5.10 Å². The normalized spacial score (nSPS) is 15.6. The Bertz CT molecular complexity index is 1160. The van der Waals surface area contributed by atoms with E-state index in [9.17, 15) is 5.11 Å². The van der Waals surface area contributed by atoms with Gasteiger partial charge in [0.15, 0.2) is 0 Å². The Morgan fingerprint density at radius 2 is 1.89 bits per heavy atom. The Kier molecular flexibility index (Phi) is 4.18. The highest BCUT2D eigenvalue weighted by Gasteiger charge is 2.31. The Balaban J connectivity index is 1.63. The van der Waals surface area contributed by atoms with Gasteiger partial charge in [-0.3, -0.25) is 4.90 Å². The van der Waals surface area contributed by atoms with Gasteiger partial charge in [0.1, 0.15) is 5.82 Å². The summed E-state index contributed by atoms with van der Waals surface area (Å²) in [5.41, 5.74) is 5.19. The van der Waals surface area contributed by atoms with Crippen molar-refractivity contribution in [1.29, 1.82) is 0 Å². The monoisotopic (exact) mass is 390 g/mol. The lowest BCUT2D eigenvalue weighted by atomic mass is 9.95. The van der Waals surface area contributed by atoms with Crippen molar-refractivity contribution in [3.05, 3.63) is 81.5 Å². The third-order valence-electron chi connectivity index (χ3n) is 5.44. The minimum atomic E-state index is -0.0259. The molecule has 1 N–H and O–H groups in total. The van der Waals surface area contributed by atoms with Gasteiger partial charge in [-0.1, -0.05) is 65.4 Å². The largest absolute Gasteiger partial charge is 0.492 e. The third kappa shape index (κ3) is 2.89. The predicted octanol–water partition coefficient (Wildman–Crippen LogP) is 4.26. The summed E-state index contributed by atoms with van der Waals surface area (Å²) in [7, 11) is 0. The molecule has 0 bridgehead atoms. The summed E-state index contributed by atoms with van der Waals surface area (Å²) in [5.74, 6) is 0.873. The van der Waals surface area contributed by atoms with Crippen molar-refractivity contribution in [2.45, 2.75) is 32.9 Å². The molecular formula is C22H22N4OS. The van der Waals surface area contributed by atoms with E-state index in [1.807, 2.05) is 6.92 Å². The summed E-state index contributed by atoms with van der Waals surface area (Å²) in [6.45, 7) is 5.76. The number of aryl methyl sites for hydroxylation is 2. The van der Waals surface area contributed by atoms with Gasteiger partial charge in [-0.25, -0.2) is 4.98 Å². The van der Waals surface area contributed by atoms with Crippen LogP contribution in [0.4, 0.5) is 0 Å². The summed E-state index contributed by atoms with van der Waals surface area (Å²) >= 11 is 1.53. The van der Waals surface area contributed by atoms with Crippen molar-refractivity contribution < 1.29 is 5.11 Å². The molecule has 3 heterocycles. The molecule has 1 atom stereocenters. The van der Waals surface area contributed by atoms with Crippen molar-refractivity contribution in [1.82, 2.24) is 19.5 Å². The maximum Gasteiger partial charge on any atom is 0.230 e. The standard InChI is InChI=1S/C22H22N4OS/c1-14-6-5-9-17(12-14)19(20-21(27)26-22(28-20)23-15(2)24-26)25-11-10-16-7-3-4-8-18(16)13-25/h3-9,12,19,27H,10-11,13H2,1-2H3/t19-/m1/s1. The molecule has 142 valence electrons. The molecule has 1 aliphatic heterocycles. The summed E-state index contributed by atoms with van der Waals surface area (Å²) < 4.78 is 1.57. The molecule has 0 aliphatic carbocycles. The molecule has 0 saturated carbocycles. The number of thiazole rings is 1. The second kappa shape index (κ2) is 6.72. The second-order valence-electron chi connectivity index (χ2n) is 7.45.